The Bertz CT molecular complexity index is 1650. The van der Waals surface area contributed by atoms with Gasteiger partial charge in [0, 0.05) is 19.3 Å². The van der Waals surface area contributed by atoms with E-state index in [-0.39, 0.29) is 31.6 Å². The number of allylic oxidation sites excluding steroid dienone is 22. The van der Waals surface area contributed by atoms with Crippen LogP contribution in [-0.4, -0.2) is 37.2 Å². The highest BCUT2D eigenvalue weighted by Gasteiger charge is 2.19. The molecule has 0 aromatic heterocycles. The summed E-state index contributed by atoms with van der Waals surface area (Å²) in [5, 5.41) is 0. The fourth-order valence-corrected chi connectivity index (χ4v) is 8.40. The molecule has 0 N–H and O–H groups in total. The van der Waals surface area contributed by atoms with Gasteiger partial charge in [0.2, 0.25) is 0 Å². The maximum Gasteiger partial charge on any atom is 0.306 e. The first-order valence-corrected chi connectivity index (χ1v) is 31.7. The molecule has 0 aliphatic rings. The molecule has 0 aliphatic carbocycles. The molecule has 0 radical (unpaired) electrons. The van der Waals surface area contributed by atoms with Crippen LogP contribution in [0.4, 0.5) is 0 Å². The fourth-order valence-electron chi connectivity index (χ4n) is 8.40. The van der Waals surface area contributed by atoms with E-state index in [1.807, 2.05) is 12.2 Å². The Hall–Kier alpha value is -4.45. The molecule has 0 aromatic rings. The average molecular weight is 1070 g/mol. The minimum absolute atomic E-state index is 0.117. The first-order valence-electron chi connectivity index (χ1n) is 31.7. The SMILES string of the molecule is CC/C=C\C/C=C\C/C=C\C/C=C\C/C=C\C/C=C\CCC(=O)OC(COC(=O)CCCCCCC/C=C\C/C=C\CCC)COC(=O)CCCCCCCCCCCCCC/C=C\C/C=C\C/C=C\CCCCCCC. The highest BCUT2D eigenvalue weighted by atomic mass is 16.6. The molecule has 0 fully saturated rings. The monoisotopic (exact) mass is 1060 g/mol. The van der Waals surface area contributed by atoms with Crippen molar-refractivity contribution in [3.05, 3.63) is 134 Å². The average Bonchev–Trinajstić information content (AvgIpc) is 3.43. The number of ether oxygens (including phenoxy) is 3. The lowest BCUT2D eigenvalue weighted by atomic mass is 10.0. The molecule has 0 rings (SSSR count). The van der Waals surface area contributed by atoms with Crippen molar-refractivity contribution in [3.63, 3.8) is 0 Å². The van der Waals surface area contributed by atoms with Gasteiger partial charge in [-0.1, -0.05) is 270 Å². The Morgan fingerprint density at radius 1 is 0.273 bits per heavy atom. The summed E-state index contributed by atoms with van der Waals surface area (Å²) >= 11 is 0. The topological polar surface area (TPSA) is 78.9 Å². The molecular weight excluding hydrogens is 949 g/mol. The molecule has 436 valence electrons. The first kappa shape index (κ1) is 72.5. The molecule has 0 heterocycles. The zero-order valence-corrected chi connectivity index (χ0v) is 49.9. The quantitative estimate of drug-likeness (QED) is 0.0261. The van der Waals surface area contributed by atoms with Crippen molar-refractivity contribution in [1.82, 2.24) is 0 Å². The normalized spacial score (nSPS) is 13.0. The molecule has 0 spiro atoms. The van der Waals surface area contributed by atoms with Gasteiger partial charge in [-0.25, -0.2) is 0 Å². The summed E-state index contributed by atoms with van der Waals surface area (Å²) in [4.78, 5) is 38.2. The Kier molecular flexibility index (Phi) is 60.4. The number of rotatable bonds is 56. The molecule has 0 aromatic carbocycles. The summed E-state index contributed by atoms with van der Waals surface area (Å²) < 4.78 is 16.8. The van der Waals surface area contributed by atoms with Crippen LogP contribution in [0.2, 0.25) is 0 Å². The lowest BCUT2D eigenvalue weighted by Crippen LogP contribution is -2.30. The predicted octanol–water partition coefficient (Wildman–Crippen LogP) is 21.8. The van der Waals surface area contributed by atoms with E-state index in [2.05, 4.69) is 142 Å². The summed E-state index contributed by atoms with van der Waals surface area (Å²) in [6, 6.07) is 0. The van der Waals surface area contributed by atoms with Gasteiger partial charge in [-0.3, -0.25) is 14.4 Å². The summed E-state index contributed by atoms with van der Waals surface area (Å²) in [5.41, 5.74) is 0. The van der Waals surface area contributed by atoms with Crippen molar-refractivity contribution >= 4 is 17.9 Å². The number of carbonyl (C=O) groups is 3. The Balaban J connectivity index is 4.40. The van der Waals surface area contributed by atoms with Crippen LogP contribution in [0.25, 0.3) is 0 Å². The lowest BCUT2D eigenvalue weighted by Gasteiger charge is -2.18. The standard InChI is InChI=1S/C71H116O6/c1-4-7-10-13-16-19-22-25-27-29-31-32-33-34-35-36-37-38-40-41-43-46-49-52-55-58-61-64-70(73)76-67-68(66-75-69(72)63-60-57-54-51-48-45-24-21-18-15-12-9-6-3)77-71(74)65-62-59-56-53-50-47-44-42-39-30-28-26-23-20-17-14-11-8-5-2/h8,11-12,15,17,20-22,24-26,28-29,31,33-34,39,42,47,50,56,59,68H,4-7,9-10,13-14,16,18-19,23,27,30,32,35-38,40-41,43-46,48-49,51-55,57-58,60-67H2,1-3H3/b11-8-,15-12-,20-17-,24-21-,25-22-,28-26-,31-29-,34-33-,42-39-,50-47-,59-56-. The number of carbonyl (C=O) groups excluding carboxylic acids is 3. The van der Waals surface area contributed by atoms with Crippen LogP contribution >= 0.6 is 0 Å². The van der Waals surface area contributed by atoms with Gasteiger partial charge in [0.25, 0.3) is 0 Å². The van der Waals surface area contributed by atoms with E-state index in [9.17, 15) is 14.4 Å². The number of unbranched alkanes of at least 4 members (excludes halogenated alkanes) is 23. The van der Waals surface area contributed by atoms with Crippen molar-refractivity contribution in [2.75, 3.05) is 13.2 Å². The lowest BCUT2D eigenvalue weighted by molar-refractivity contribution is -0.166. The third-order valence-corrected chi connectivity index (χ3v) is 13.1. The third-order valence-electron chi connectivity index (χ3n) is 13.1. The van der Waals surface area contributed by atoms with Crippen LogP contribution in [0.3, 0.4) is 0 Å². The Morgan fingerprint density at radius 3 is 0.896 bits per heavy atom. The first-order chi connectivity index (χ1) is 38.0. The van der Waals surface area contributed by atoms with Crippen molar-refractivity contribution in [2.24, 2.45) is 0 Å². The number of hydrogen-bond donors (Lipinski definition) is 0. The molecule has 6 nitrogen and oxygen atoms in total. The van der Waals surface area contributed by atoms with Crippen molar-refractivity contribution in [1.29, 1.82) is 0 Å². The van der Waals surface area contributed by atoms with Crippen LogP contribution < -0.4 is 0 Å². The minimum atomic E-state index is -0.831. The molecule has 0 saturated carbocycles. The summed E-state index contributed by atoms with van der Waals surface area (Å²) in [6.45, 7) is 6.38. The van der Waals surface area contributed by atoms with Crippen LogP contribution in [0.15, 0.2) is 134 Å². The van der Waals surface area contributed by atoms with Crippen LogP contribution in [0.5, 0.6) is 0 Å². The van der Waals surface area contributed by atoms with E-state index >= 15 is 0 Å². The molecule has 1 atom stereocenters. The third kappa shape index (κ3) is 62.3. The molecule has 0 amide bonds. The van der Waals surface area contributed by atoms with Gasteiger partial charge >= 0.3 is 17.9 Å². The smallest absolute Gasteiger partial charge is 0.306 e. The second-order valence-electron chi connectivity index (χ2n) is 20.6. The Labute approximate surface area is 475 Å². The van der Waals surface area contributed by atoms with Crippen molar-refractivity contribution in [2.45, 2.75) is 284 Å². The fraction of sp³-hybridized carbons (Fsp3) is 0.648. The Morgan fingerprint density at radius 2 is 0.558 bits per heavy atom. The van der Waals surface area contributed by atoms with Gasteiger partial charge in [0.05, 0.1) is 0 Å². The summed E-state index contributed by atoms with van der Waals surface area (Å²) in [7, 11) is 0. The number of hydrogen-bond acceptors (Lipinski definition) is 6. The maximum atomic E-state index is 12.9. The van der Waals surface area contributed by atoms with Crippen LogP contribution in [-0.2, 0) is 28.6 Å². The molecule has 77 heavy (non-hydrogen) atoms. The van der Waals surface area contributed by atoms with E-state index in [1.165, 1.54) is 109 Å². The second-order valence-corrected chi connectivity index (χ2v) is 20.6. The van der Waals surface area contributed by atoms with E-state index in [0.717, 1.165) is 122 Å². The van der Waals surface area contributed by atoms with Crippen LogP contribution in [0.1, 0.15) is 278 Å². The van der Waals surface area contributed by atoms with Gasteiger partial charge in [-0.2, -0.15) is 0 Å². The van der Waals surface area contributed by atoms with E-state index in [0.29, 0.717) is 19.3 Å². The van der Waals surface area contributed by atoms with E-state index in [1.54, 1.807) is 0 Å². The maximum absolute atomic E-state index is 12.9. The zero-order valence-electron chi connectivity index (χ0n) is 49.9. The highest BCUT2D eigenvalue weighted by molar-refractivity contribution is 5.71. The van der Waals surface area contributed by atoms with Gasteiger partial charge in [0.15, 0.2) is 6.10 Å². The van der Waals surface area contributed by atoms with E-state index in [4.69, 9.17) is 14.2 Å². The van der Waals surface area contributed by atoms with Gasteiger partial charge in [0.1, 0.15) is 13.2 Å². The molecule has 0 saturated heterocycles. The highest BCUT2D eigenvalue weighted by Crippen LogP contribution is 2.15. The summed E-state index contributed by atoms with van der Waals surface area (Å²) in [5.74, 6) is -1.02. The summed E-state index contributed by atoms with van der Waals surface area (Å²) in [6.07, 6.45) is 90.4. The molecule has 1 unspecified atom stereocenters. The van der Waals surface area contributed by atoms with Crippen molar-refractivity contribution < 1.29 is 28.6 Å². The predicted molar refractivity (Wildman–Crippen MR) is 334 cm³/mol. The molecule has 6 heteroatoms. The molecule has 0 bridgehead atoms. The van der Waals surface area contributed by atoms with Crippen molar-refractivity contribution in [3.8, 4) is 0 Å². The largest absolute Gasteiger partial charge is 0.462 e. The zero-order chi connectivity index (χ0) is 55.7. The van der Waals surface area contributed by atoms with E-state index < -0.39 is 12.1 Å². The van der Waals surface area contributed by atoms with Gasteiger partial charge in [-0.05, 0) is 122 Å². The van der Waals surface area contributed by atoms with Gasteiger partial charge in [-0.15, -0.1) is 0 Å². The molecular formula is C71H116O6. The number of esters is 3. The second kappa shape index (κ2) is 64.1. The van der Waals surface area contributed by atoms with Crippen LogP contribution in [0, 0.1) is 0 Å². The van der Waals surface area contributed by atoms with Gasteiger partial charge < -0.3 is 14.2 Å². The minimum Gasteiger partial charge on any atom is -0.462 e. The molecule has 0 aliphatic heterocycles.